The van der Waals surface area contributed by atoms with Gasteiger partial charge in [-0.2, -0.15) is 0 Å². The number of amides is 2. The highest BCUT2D eigenvalue weighted by molar-refractivity contribution is 5.73. The van der Waals surface area contributed by atoms with E-state index in [2.05, 4.69) is 10.6 Å². The van der Waals surface area contributed by atoms with Crippen molar-refractivity contribution in [2.75, 3.05) is 13.1 Å². The molecule has 1 fully saturated rings. The number of urea groups is 1. The molecule has 1 aromatic rings. The van der Waals surface area contributed by atoms with Crippen LogP contribution in [0.15, 0.2) is 30.3 Å². The maximum absolute atomic E-state index is 11.9. The molecule has 0 aliphatic heterocycles. The summed E-state index contributed by atoms with van der Waals surface area (Å²) in [4.78, 5) is 11.9. The molecule has 0 bridgehead atoms. The van der Waals surface area contributed by atoms with Crippen LogP contribution in [0.3, 0.4) is 0 Å². The van der Waals surface area contributed by atoms with Crippen LogP contribution in [0.1, 0.15) is 37.7 Å². The van der Waals surface area contributed by atoms with Crippen LogP contribution in [0.4, 0.5) is 4.79 Å². The molecule has 110 valence electrons. The molecule has 0 radical (unpaired) electrons. The Morgan fingerprint density at radius 3 is 2.45 bits per heavy atom. The van der Waals surface area contributed by atoms with Gasteiger partial charge in [-0.3, -0.25) is 0 Å². The van der Waals surface area contributed by atoms with E-state index in [4.69, 9.17) is 5.73 Å². The second kappa shape index (κ2) is 7.29. The van der Waals surface area contributed by atoms with Crippen molar-refractivity contribution in [3.63, 3.8) is 0 Å². The molecule has 4 N–H and O–H groups in total. The third kappa shape index (κ3) is 4.23. The first-order valence-corrected chi connectivity index (χ1v) is 7.50. The number of benzene rings is 1. The fourth-order valence-electron chi connectivity index (χ4n) is 2.86. The largest absolute Gasteiger partial charge is 0.338 e. The number of nitrogens with one attached hydrogen (secondary N) is 2. The Bertz CT molecular complexity index is 413. The normalized spacial score (nSPS) is 17.4. The molecule has 1 saturated carbocycles. The molecule has 4 nitrogen and oxygen atoms in total. The van der Waals surface area contributed by atoms with Gasteiger partial charge in [0.1, 0.15) is 0 Å². The molecular formula is C16H25N3O. The van der Waals surface area contributed by atoms with E-state index < -0.39 is 0 Å². The average Bonchev–Trinajstić information content (AvgIpc) is 2.53. The molecule has 0 aromatic heterocycles. The van der Waals surface area contributed by atoms with Crippen molar-refractivity contribution in [2.45, 2.75) is 38.6 Å². The monoisotopic (exact) mass is 275 g/mol. The molecular weight excluding hydrogens is 250 g/mol. The van der Waals surface area contributed by atoms with E-state index in [0.29, 0.717) is 19.6 Å². The second-order valence-electron chi connectivity index (χ2n) is 5.79. The van der Waals surface area contributed by atoms with Crippen LogP contribution in [0.2, 0.25) is 0 Å². The number of nitrogens with two attached hydrogens (primary N) is 1. The van der Waals surface area contributed by atoms with Crippen LogP contribution in [-0.2, 0) is 6.54 Å². The van der Waals surface area contributed by atoms with Gasteiger partial charge in [-0.15, -0.1) is 0 Å². The molecule has 0 heterocycles. The zero-order chi connectivity index (χ0) is 14.3. The van der Waals surface area contributed by atoms with Crippen molar-refractivity contribution in [2.24, 2.45) is 11.1 Å². The molecule has 0 saturated heterocycles. The Balaban J connectivity index is 1.74. The fraction of sp³-hybridized carbons (Fsp3) is 0.562. The van der Waals surface area contributed by atoms with E-state index in [1.165, 1.54) is 19.3 Å². The van der Waals surface area contributed by atoms with Gasteiger partial charge in [0.15, 0.2) is 0 Å². The minimum Gasteiger partial charge on any atom is -0.338 e. The van der Waals surface area contributed by atoms with Crippen molar-refractivity contribution in [3.8, 4) is 0 Å². The third-order valence-corrected chi connectivity index (χ3v) is 4.27. The summed E-state index contributed by atoms with van der Waals surface area (Å²) in [5, 5.41) is 5.87. The van der Waals surface area contributed by atoms with Crippen molar-refractivity contribution < 1.29 is 4.79 Å². The number of hydrogen-bond acceptors (Lipinski definition) is 2. The van der Waals surface area contributed by atoms with E-state index >= 15 is 0 Å². The van der Waals surface area contributed by atoms with E-state index in [-0.39, 0.29) is 11.4 Å². The number of rotatable bonds is 5. The minimum absolute atomic E-state index is 0.104. The molecule has 0 spiro atoms. The van der Waals surface area contributed by atoms with E-state index in [1.807, 2.05) is 30.3 Å². The van der Waals surface area contributed by atoms with E-state index in [0.717, 1.165) is 18.4 Å². The maximum atomic E-state index is 11.9. The summed E-state index contributed by atoms with van der Waals surface area (Å²) in [6, 6.07) is 9.82. The van der Waals surface area contributed by atoms with Crippen molar-refractivity contribution in [1.82, 2.24) is 10.6 Å². The van der Waals surface area contributed by atoms with Gasteiger partial charge in [0.25, 0.3) is 0 Å². The summed E-state index contributed by atoms with van der Waals surface area (Å²) in [5.74, 6) is 0. The summed E-state index contributed by atoms with van der Waals surface area (Å²) in [6.07, 6.45) is 6.00. The molecule has 2 rings (SSSR count). The lowest BCUT2D eigenvalue weighted by atomic mass is 9.74. The van der Waals surface area contributed by atoms with Crippen molar-refractivity contribution in [1.29, 1.82) is 0 Å². The standard InChI is InChI=1S/C16H25N3O/c17-12-16(9-5-2-6-10-16)13-19-15(20)18-11-14-7-3-1-4-8-14/h1,3-4,7-8H,2,5-6,9-13,17H2,(H2,18,19,20). The number of carbonyl (C=O) groups excluding carboxylic acids is 1. The zero-order valence-corrected chi connectivity index (χ0v) is 12.0. The smallest absolute Gasteiger partial charge is 0.315 e. The minimum atomic E-state index is -0.104. The van der Waals surface area contributed by atoms with E-state index in [9.17, 15) is 4.79 Å². The lowest BCUT2D eigenvalue weighted by Crippen LogP contribution is -2.46. The second-order valence-corrected chi connectivity index (χ2v) is 5.79. The van der Waals surface area contributed by atoms with Gasteiger partial charge in [-0.1, -0.05) is 49.6 Å². The predicted molar refractivity (Wildman–Crippen MR) is 81.3 cm³/mol. The quantitative estimate of drug-likeness (QED) is 0.772. The van der Waals surface area contributed by atoms with Crippen molar-refractivity contribution >= 4 is 6.03 Å². The average molecular weight is 275 g/mol. The third-order valence-electron chi connectivity index (χ3n) is 4.27. The van der Waals surface area contributed by atoms with Crippen LogP contribution in [0, 0.1) is 5.41 Å². The van der Waals surface area contributed by atoms with Gasteiger partial charge in [-0.05, 0) is 24.9 Å². The maximum Gasteiger partial charge on any atom is 0.315 e. The number of carbonyl (C=O) groups is 1. The first-order chi connectivity index (χ1) is 9.74. The highest BCUT2D eigenvalue weighted by atomic mass is 16.2. The SMILES string of the molecule is NCC1(CNC(=O)NCc2ccccc2)CCCCC1. The van der Waals surface area contributed by atoms with Gasteiger partial charge in [-0.25, -0.2) is 4.79 Å². The van der Waals surface area contributed by atoms with Crippen LogP contribution in [0.25, 0.3) is 0 Å². The summed E-state index contributed by atoms with van der Waals surface area (Å²) in [7, 11) is 0. The first-order valence-electron chi connectivity index (χ1n) is 7.50. The fourth-order valence-corrected chi connectivity index (χ4v) is 2.86. The lowest BCUT2D eigenvalue weighted by molar-refractivity contribution is 0.187. The summed E-state index contributed by atoms with van der Waals surface area (Å²) >= 11 is 0. The highest BCUT2D eigenvalue weighted by Crippen LogP contribution is 2.34. The van der Waals surface area contributed by atoms with Gasteiger partial charge in [0.05, 0.1) is 0 Å². The van der Waals surface area contributed by atoms with Crippen LogP contribution in [-0.4, -0.2) is 19.1 Å². The van der Waals surface area contributed by atoms with Crippen LogP contribution < -0.4 is 16.4 Å². The van der Waals surface area contributed by atoms with E-state index in [1.54, 1.807) is 0 Å². The molecule has 0 atom stereocenters. The summed E-state index contributed by atoms with van der Waals surface area (Å²) < 4.78 is 0. The zero-order valence-electron chi connectivity index (χ0n) is 12.0. The molecule has 0 unspecified atom stereocenters. The Morgan fingerprint density at radius 2 is 1.80 bits per heavy atom. The van der Waals surface area contributed by atoms with Crippen molar-refractivity contribution in [3.05, 3.63) is 35.9 Å². The molecule has 4 heteroatoms. The molecule has 1 aliphatic carbocycles. The summed E-state index contributed by atoms with van der Waals surface area (Å²) in [5.41, 5.74) is 7.14. The Hall–Kier alpha value is -1.55. The Kier molecular flexibility index (Phi) is 5.41. The lowest BCUT2D eigenvalue weighted by Gasteiger charge is -2.36. The summed E-state index contributed by atoms with van der Waals surface area (Å²) in [6.45, 7) is 1.90. The van der Waals surface area contributed by atoms with Gasteiger partial charge < -0.3 is 16.4 Å². The van der Waals surface area contributed by atoms with Gasteiger partial charge in [0.2, 0.25) is 0 Å². The van der Waals surface area contributed by atoms with Gasteiger partial charge >= 0.3 is 6.03 Å². The first kappa shape index (κ1) is 14.9. The Morgan fingerprint density at radius 1 is 1.10 bits per heavy atom. The van der Waals surface area contributed by atoms with Gasteiger partial charge in [0, 0.05) is 18.5 Å². The number of hydrogen-bond donors (Lipinski definition) is 3. The highest BCUT2D eigenvalue weighted by Gasteiger charge is 2.30. The topological polar surface area (TPSA) is 67.1 Å². The Labute approximate surface area is 121 Å². The predicted octanol–water partition coefficient (Wildman–Crippen LogP) is 2.39. The molecule has 20 heavy (non-hydrogen) atoms. The van der Waals surface area contributed by atoms with Crippen LogP contribution >= 0.6 is 0 Å². The van der Waals surface area contributed by atoms with Crippen LogP contribution in [0.5, 0.6) is 0 Å². The molecule has 2 amide bonds. The molecule has 1 aliphatic rings. The molecule has 1 aromatic carbocycles.